The van der Waals surface area contributed by atoms with E-state index in [1.807, 2.05) is 0 Å². The largest absolute Gasteiger partial charge is 0.381 e. The van der Waals surface area contributed by atoms with Gasteiger partial charge in [0.05, 0.1) is 0 Å². The Morgan fingerprint density at radius 3 is 2.90 bits per heavy atom. The average Bonchev–Trinajstić information content (AvgIpc) is 2.41. The van der Waals surface area contributed by atoms with Crippen molar-refractivity contribution in [3.63, 3.8) is 0 Å². The summed E-state index contributed by atoms with van der Waals surface area (Å²) in [6.45, 7) is 2.04. The fraction of sp³-hybridized carbons (Fsp3) is 1.00. The first-order valence-electron chi connectivity index (χ1n) is 4.51. The Balaban J connectivity index is 1.91. The van der Waals surface area contributed by atoms with Gasteiger partial charge in [-0.3, -0.25) is 0 Å². The van der Waals surface area contributed by atoms with E-state index in [1.54, 1.807) is 0 Å². The average molecular weight is 140 g/mol. The monoisotopic (exact) mass is 140 g/mol. The van der Waals surface area contributed by atoms with Gasteiger partial charge in [-0.15, -0.1) is 0 Å². The molecule has 1 saturated heterocycles. The first kappa shape index (κ1) is 8.12. The third-order valence-corrected chi connectivity index (χ3v) is 2.24. The Morgan fingerprint density at radius 2 is 2.30 bits per heavy atom. The van der Waals surface area contributed by atoms with E-state index in [1.165, 1.54) is 32.0 Å². The van der Waals surface area contributed by atoms with Gasteiger partial charge >= 0.3 is 0 Å². The van der Waals surface area contributed by atoms with Gasteiger partial charge in [0, 0.05) is 13.2 Å². The molecule has 1 atom stereocenters. The first-order chi connectivity index (χ1) is 4.93. The second-order valence-electron chi connectivity index (χ2n) is 3.23. The molecule has 0 aromatic carbocycles. The van der Waals surface area contributed by atoms with Crippen molar-refractivity contribution >= 4 is 7.85 Å². The van der Waals surface area contributed by atoms with Gasteiger partial charge < -0.3 is 4.74 Å². The van der Waals surface area contributed by atoms with Crippen LogP contribution in [0.1, 0.15) is 25.7 Å². The Hall–Kier alpha value is 0.0249. The lowest BCUT2D eigenvalue weighted by atomic mass is 9.95. The molecule has 0 amide bonds. The predicted molar refractivity (Wildman–Crippen MR) is 46.1 cm³/mol. The topological polar surface area (TPSA) is 9.23 Å². The lowest BCUT2D eigenvalue weighted by Crippen LogP contribution is -1.98. The minimum Gasteiger partial charge on any atom is -0.381 e. The number of ether oxygens (including phenoxy) is 1. The molecule has 1 aliphatic heterocycles. The van der Waals surface area contributed by atoms with E-state index in [0.29, 0.717) is 0 Å². The molecule has 0 N–H and O–H groups in total. The molecular formula is C8H17BO. The summed E-state index contributed by atoms with van der Waals surface area (Å²) in [6, 6.07) is 0. The van der Waals surface area contributed by atoms with E-state index < -0.39 is 0 Å². The van der Waals surface area contributed by atoms with Crippen molar-refractivity contribution in [2.45, 2.75) is 32.0 Å². The highest BCUT2D eigenvalue weighted by Gasteiger charge is 2.13. The van der Waals surface area contributed by atoms with Crippen molar-refractivity contribution < 1.29 is 4.74 Å². The quantitative estimate of drug-likeness (QED) is 0.421. The van der Waals surface area contributed by atoms with E-state index in [4.69, 9.17) is 4.74 Å². The van der Waals surface area contributed by atoms with Crippen molar-refractivity contribution in [2.24, 2.45) is 5.92 Å². The Bertz CT molecular complexity index is 79.3. The maximum absolute atomic E-state index is 5.29. The molecule has 1 unspecified atom stereocenters. The summed E-state index contributed by atoms with van der Waals surface area (Å²) < 4.78 is 5.29. The molecule has 0 saturated carbocycles. The molecule has 2 heteroatoms. The maximum Gasteiger partial charge on any atom is 0.101 e. The number of hydrogen-bond acceptors (Lipinski definition) is 1. The van der Waals surface area contributed by atoms with Crippen LogP contribution in [0.3, 0.4) is 0 Å². The molecule has 10 heavy (non-hydrogen) atoms. The summed E-state index contributed by atoms with van der Waals surface area (Å²) in [6.07, 6.45) is 6.85. The highest BCUT2D eigenvalue weighted by atomic mass is 16.5. The molecule has 58 valence electrons. The zero-order valence-electron chi connectivity index (χ0n) is 6.94. The SMILES string of the molecule is BCCCCC1CCOC1. The Morgan fingerprint density at radius 1 is 1.40 bits per heavy atom. The van der Waals surface area contributed by atoms with Gasteiger partial charge in [-0.1, -0.05) is 19.2 Å². The van der Waals surface area contributed by atoms with Gasteiger partial charge in [0.15, 0.2) is 0 Å². The van der Waals surface area contributed by atoms with E-state index in [0.717, 1.165) is 19.1 Å². The lowest BCUT2D eigenvalue weighted by Gasteiger charge is -2.04. The van der Waals surface area contributed by atoms with Crippen molar-refractivity contribution in [1.29, 1.82) is 0 Å². The van der Waals surface area contributed by atoms with Crippen molar-refractivity contribution in [3.8, 4) is 0 Å². The molecule has 0 spiro atoms. The predicted octanol–water partition coefficient (Wildman–Crippen LogP) is 1.24. The maximum atomic E-state index is 5.29. The van der Waals surface area contributed by atoms with Crippen LogP contribution >= 0.6 is 0 Å². The molecule has 1 aliphatic rings. The van der Waals surface area contributed by atoms with Gasteiger partial charge in [0.1, 0.15) is 7.85 Å². The third kappa shape index (κ3) is 2.74. The summed E-state index contributed by atoms with van der Waals surface area (Å²) in [5.41, 5.74) is 0. The van der Waals surface area contributed by atoms with Gasteiger partial charge in [-0.2, -0.15) is 0 Å². The first-order valence-corrected chi connectivity index (χ1v) is 4.51. The van der Waals surface area contributed by atoms with E-state index >= 15 is 0 Å². The van der Waals surface area contributed by atoms with E-state index in [2.05, 4.69) is 7.85 Å². The van der Waals surface area contributed by atoms with Crippen molar-refractivity contribution in [1.82, 2.24) is 0 Å². The van der Waals surface area contributed by atoms with Crippen LogP contribution in [-0.4, -0.2) is 21.1 Å². The minimum absolute atomic E-state index is 0.895. The van der Waals surface area contributed by atoms with Crippen LogP contribution in [-0.2, 0) is 4.74 Å². The summed E-state index contributed by atoms with van der Waals surface area (Å²) in [7, 11) is 2.26. The minimum atomic E-state index is 0.895. The number of rotatable bonds is 4. The van der Waals surface area contributed by atoms with Crippen molar-refractivity contribution in [2.75, 3.05) is 13.2 Å². The molecule has 1 heterocycles. The van der Waals surface area contributed by atoms with Gasteiger partial charge in [0.2, 0.25) is 0 Å². The zero-order valence-corrected chi connectivity index (χ0v) is 6.94. The molecule has 0 bridgehead atoms. The molecular weight excluding hydrogens is 123 g/mol. The Labute approximate surface area is 64.6 Å². The number of unbranched alkanes of at least 4 members (excludes halogenated alkanes) is 1. The van der Waals surface area contributed by atoms with Gasteiger partial charge in [0.25, 0.3) is 0 Å². The molecule has 0 aromatic heterocycles. The van der Waals surface area contributed by atoms with Crippen LogP contribution in [0.15, 0.2) is 0 Å². The number of hydrogen-bond donors (Lipinski definition) is 0. The molecule has 1 rings (SSSR count). The third-order valence-electron chi connectivity index (χ3n) is 2.24. The van der Waals surface area contributed by atoms with Gasteiger partial charge in [-0.05, 0) is 18.8 Å². The Kier molecular flexibility index (Phi) is 3.88. The van der Waals surface area contributed by atoms with Crippen molar-refractivity contribution in [3.05, 3.63) is 0 Å². The molecule has 1 fully saturated rings. The van der Waals surface area contributed by atoms with Gasteiger partial charge in [-0.25, -0.2) is 0 Å². The summed E-state index contributed by atoms with van der Waals surface area (Å²) >= 11 is 0. The summed E-state index contributed by atoms with van der Waals surface area (Å²) in [5, 5.41) is 0. The molecule has 0 aliphatic carbocycles. The van der Waals surface area contributed by atoms with Crippen LogP contribution < -0.4 is 0 Å². The van der Waals surface area contributed by atoms with Crippen LogP contribution in [0.25, 0.3) is 0 Å². The van der Waals surface area contributed by atoms with Crippen LogP contribution in [0.5, 0.6) is 0 Å². The second-order valence-corrected chi connectivity index (χ2v) is 3.23. The highest BCUT2D eigenvalue weighted by Crippen LogP contribution is 2.18. The van der Waals surface area contributed by atoms with E-state index in [9.17, 15) is 0 Å². The highest BCUT2D eigenvalue weighted by molar-refractivity contribution is 6.08. The van der Waals surface area contributed by atoms with Crippen LogP contribution in [0.4, 0.5) is 0 Å². The smallest absolute Gasteiger partial charge is 0.101 e. The van der Waals surface area contributed by atoms with E-state index in [-0.39, 0.29) is 0 Å². The fourth-order valence-electron chi connectivity index (χ4n) is 1.49. The summed E-state index contributed by atoms with van der Waals surface area (Å²) in [4.78, 5) is 0. The lowest BCUT2D eigenvalue weighted by molar-refractivity contribution is 0.184. The summed E-state index contributed by atoms with van der Waals surface area (Å²) in [5.74, 6) is 0.895. The second kappa shape index (κ2) is 4.78. The fourth-order valence-corrected chi connectivity index (χ4v) is 1.49. The molecule has 0 aromatic rings. The van der Waals surface area contributed by atoms with Crippen LogP contribution in [0, 0.1) is 5.92 Å². The molecule has 1 nitrogen and oxygen atoms in total. The van der Waals surface area contributed by atoms with Crippen LogP contribution in [0.2, 0.25) is 6.32 Å². The zero-order chi connectivity index (χ0) is 7.23. The molecule has 0 radical (unpaired) electrons. The standard InChI is InChI=1S/C8H17BO/c9-5-2-1-3-8-4-6-10-7-8/h8H,1-7,9H2. The normalized spacial score (nSPS) is 25.4.